The van der Waals surface area contributed by atoms with Gasteiger partial charge in [0.1, 0.15) is 12.4 Å². The van der Waals surface area contributed by atoms with Crippen LogP contribution in [-0.2, 0) is 6.61 Å². The number of rotatable bonds is 5. The van der Waals surface area contributed by atoms with Crippen LogP contribution in [0.2, 0.25) is 0 Å². The summed E-state index contributed by atoms with van der Waals surface area (Å²) in [5, 5.41) is 10.6. The Balaban J connectivity index is 2.07. The summed E-state index contributed by atoms with van der Waals surface area (Å²) in [7, 11) is 0. The molecule has 0 radical (unpaired) electrons. The van der Waals surface area contributed by atoms with Crippen molar-refractivity contribution in [3.63, 3.8) is 0 Å². The van der Waals surface area contributed by atoms with Gasteiger partial charge in [0.25, 0.3) is 0 Å². The van der Waals surface area contributed by atoms with Crippen LogP contribution in [0.3, 0.4) is 0 Å². The Morgan fingerprint density at radius 1 is 1.20 bits per heavy atom. The lowest BCUT2D eigenvalue weighted by atomic mass is 10.2. The summed E-state index contributed by atoms with van der Waals surface area (Å²) >= 11 is 0. The van der Waals surface area contributed by atoms with Crippen molar-refractivity contribution in [1.82, 2.24) is 0 Å². The van der Waals surface area contributed by atoms with Gasteiger partial charge in [-0.2, -0.15) is 0 Å². The van der Waals surface area contributed by atoms with Gasteiger partial charge in [-0.15, -0.1) is 0 Å². The minimum Gasteiger partial charge on any atom is -0.489 e. The SMILES string of the molecule is C/C(=C/c1cccc(OCc2ccccc2)c1)[N+](=O)[O-]. The van der Waals surface area contributed by atoms with Gasteiger partial charge in [-0.1, -0.05) is 42.5 Å². The minimum atomic E-state index is -0.405. The highest BCUT2D eigenvalue weighted by molar-refractivity contribution is 5.52. The van der Waals surface area contributed by atoms with Crippen LogP contribution >= 0.6 is 0 Å². The van der Waals surface area contributed by atoms with Gasteiger partial charge in [0.2, 0.25) is 5.70 Å². The molecule has 0 saturated carbocycles. The number of hydrogen-bond acceptors (Lipinski definition) is 3. The topological polar surface area (TPSA) is 52.4 Å². The fraction of sp³-hybridized carbons (Fsp3) is 0.125. The Morgan fingerprint density at radius 2 is 1.95 bits per heavy atom. The Morgan fingerprint density at radius 3 is 2.65 bits per heavy atom. The van der Waals surface area contributed by atoms with Crippen LogP contribution in [0.15, 0.2) is 60.3 Å². The van der Waals surface area contributed by atoms with Gasteiger partial charge in [0.15, 0.2) is 0 Å². The molecule has 102 valence electrons. The number of benzene rings is 2. The van der Waals surface area contributed by atoms with E-state index in [-0.39, 0.29) is 5.70 Å². The van der Waals surface area contributed by atoms with Gasteiger partial charge >= 0.3 is 0 Å². The number of allylic oxidation sites excluding steroid dienone is 1. The second kappa shape index (κ2) is 6.52. The van der Waals surface area contributed by atoms with Crippen LogP contribution in [-0.4, -0.2) is 4.92 Å². The second-order valence-electron chi connectivity index (χ2n) is 4.39. The maximum atomic E-state index is 10.6. The Hall–Kier alpha value is -2.62. The largest absolute Gasteiger partial charge is 0.489 e. The monoisotopic (exact) mass is 269 g/mol. The van der Waals surface area contributed by atoms with Crippen molar-refractivity contribution in [3.8, 4) is 5.75 Å². The van der Waals surface area contributed by atoms with Crippen LogP contribution in [0.5, 0.6) is 5.75 Å². The minimum absolute atomic E-state index is 0.102. The first-order valence-electron chi connectivity index (χ1n) is 6.24. The van der Waals surface area contributed by atoms with Crippen LogP contribution in [0.25, 0.3) is 6.08 Å². The van der Waals surface area contributed by atoms with E-state index in [2.05, 4.69) is 0 Å². The highest BCUT2D eigenvalue weighted by Gasteiger charge is 2.03. The predicted octanol–water partition coefficient (Wildman–Crippen LogP) is 3.90. The molecule has 4 nitrogen and oxygen atoms in total. The average Bonchev–Trinajstić information content (AvgIpc) is 2.46. The molecule has 4 heteroatoms. The molecule has 2 aromatic rings. The van der Waals surface area contributed by atoms with Gasteiger partial charge in [-0.05, 0) is 23.3 Å². The summed E-state index contributed by atoms with van der Waals surface area (Å²) in [6.07, 6.45) is 1.52. The number of ether oxygens (including phenoxy) is 1. The summed E-state index contributed by atoms with van der Waals surface area (Å²) in [6, 6.07) is 17.1. The molecule has 0 aliphatic heterocycles. The molecular weight excluding hydrogens is 254 g/mol. The quantitative estimate of drug-likeness (QED) is 0.611. The van der Waals surface area contributed by atoms with E-state index in [0.29, 0.717) is 12.4 Å². The van der Waals surface area contributed by atoms with E-state index < -0.39 is 4.92 Å². The van der Waals surface area contributed by atoms with Crippen LogP contribution < -0.4 is 4.74 Å². The molecule has 0 spiro atoms. The molecule has 2 rings (SSSR count). The molecule has 0 atom stereocenters. The van der Waals surface area contributed by atoms with Gasteiger partial charge in [0, 0.05) is 13.0 Å². The first-order chi connectivity index (χ1) is 9.65. The zero-order chi connectivity index (χ0) is 14.4. The van der Waals surface area contributed by atoms with E-state index >= 15 is 0 Å². The molecule has 0 unspecified atom stereocenters. The number of nitrogens with zero attached hydrogens (tertiary/aromatic N) is 1. The fourth-order valence-electron chi connectivity index (χ4n) is 1.73. The molecule has 0 bridgehead atoms. The Labute approximate surface area is 117 Å². The van der Waals surface area contributed by atoms with Crippen LogP contribution in [0.4, 0.5) is 0 Å². The molecule has 0 fully saturated rings. The maximum absolute atomic E-state index is 10.6. The highest BCUT2D eigenvalue weighted by Crippen LogP contribution is 2.17. The fourth-order valence-corrected chi connectivity index (χ4v) is 1.73. The van der Waals surface area contributed by atoms with Gasteiger partial charge in [-0.3, -0.25) is 10.1 Å². The van der Waals surface area contributed by atoms with Crippen molar-refractivity contribution in [2.45, 2.75) is 13.5 Å². The first kappa shape index (κ1) is 13.8. The van der Waals surface area contributed by atoms with Crippen molar-refractivity contribution in [1.29, 1.82) is 0 Å². The van der Waals surface area contributed by atoms with E-state index in [1.165, 1.54) is 13.0 Å². The molecule has 0 aliphatic rings. The lowest BCUT2D eigenvalue weighted by molar-refractivity contribution is -0.422. The summed E-state index contributed by atoms with van der Waals surface area (Å²) in [6.45, 7) is 1.94. The van der Waals surface area contributed by atoms with E-state index in [1.54, 1.807) is 6.07 Å². The van der Waals surface area contributed by atoms with Gasteiger partial charge in [-0.25, -0.2) is 0 Å². The lowest BCUT2D eigenvalue weighted by Gasteiger charge is -2.06. The summed E-state index contributed by atoms with van der Waals surface area (Å²) in [4.78, 5) is 10.2. The molecule has 0 saturated heterocycles. The number of nitro groups is 1. The van der Waals surface area contributed by atoms with Crippen molar-refractivity contribution < 1.29 is 9.66 Å². The van der Waals surface area contributed by atoms with Crippen molar-refractivity contribution in [3.05, 3.63) is 81.5 Å². The molecule has 0 aromatic heterocycles. The summed E-state index contributed by atoms with van der Waals surface area (Å²) in [5.74, 6) is 0.693. The van der Waals surface area contributed by atoms with Crippen molar-refractivity contribution >= 4 is 6.08 Å². The maximum Gasteiger partial charge on any atom is 0.243 e. The van der Waals surface area contributed by atoms with Crippen molar-refractivity contribution in [2.75, 3.05) is 0 Å². The molecule has 0 N–H and O–H groups in total. The van der Waals surface area contributed by atoms with Gasteiger partial charge < -0.3 is 4.74 Å². The molecular formula is C16H15NO3. The van der Waals surface area contributed by atoms with Crippen LogP contribution in [0.1, 0.15) is 18.1 Å². The summed E-state index contributed by atoms with van der Waals surface area (Å²) in [5.41, 5.74) is 1.94. The zero-order valence-corrected chi connectivity index (χ0v) is 11.2. The summed E-state index contributed by atoms with van der Waals surface area (Å²) < 4.78 is 5.68. The molecule has 0 amide bonds. The predicted molar refractivity (Wildman–Crippen MR) is 77.9 cm³/mol. The Kier molecular flexibility index (Phi) is 4.50. The molecule has 0 heterocycles. The molecule has 0 aliphatic carbocycles. The second-order valence-corrected chi connectivity index (χ2v) is 4.39. The van der Waals surface area contributed by atoms with Gasteiger partial charge in [0.05, 0.1) is 4.92 Å². The smallest absolute Gasteiger partial charge is 0.243 e. The third-order valence-corrected chi connectivity index (χ3v) is 2.77. The number of hydrogen-bond donors (Lipinski definition) is 0. The standard InChI is InChI=1S/C16H15NO3/c1-13(17(18)19)10-15-8-5-9-16(11-15)20-12-14-6-3-2-4-7-14/h2-11H,12H2,1H3/b13-10-. The highest BCUT2D eigenvalue weighted by atomic mass is 16.6. The first-order valence-corrected chi connectivity index (χ1v) is 6.24. The van der Waals surface area contributed by atoms with Crippen molar-refractivity contribution in [2.24, 2.45) is 0 Å². The normalized spacial score (nSPS) is 11.2. The van der Waals surface area contributed by atoms with E-state index in [9.17, 15) is 10.1 Å². The zero-order valence-electron chi connectivity index (χ0n) is 11.2. The van der Waals surface area contributed by atoms with E-state index in [4.69, 9.17) is 4.74 Å². The molecule has 20 heavy (non-hydrogen) atoms. The lowest BCUT2D eigenvalue weighted by Crippen LogP contribution is -1.96. The Bertz CT molecular complexity index is 621. The third-order valence-electron chi connectivity index (χ3n) is 2.77. The van der Waals surface area contributed by atoms with E-state index in [0.717, 1.165) is 11.1 Å². The molecule has 2 aromatic carbocycles. The van der Waals surface area contributed by atoms with E-state index in [1.807, 2.05) is 48.5 Å². The van der Waals surface area contributed by atoms with Crippen LogP contribution in [0, 0.1) is 10.1 Å². The third kappa shape index (κ3) is 3.95. The average molecular weight is 269 g/mol.